The quantitative estimate of drug-likeness (QED) is 0.938. The van der Waals surface area contributed by atoms with Crippen LogP contribution >= 0.6 is 0 Å². The summed E-state index contributed by atoms with van der Waals surface area (Å²) in [6.45, 7) is 5.63. The van der Waals surface area contributed by atoms with Crippen molar-refractivity contribution in [1.82, 2.24) is 0 Å². The van der Waals surface area contributed by atoms with Crippen molar-refractivity contribution in [2.45, 2.75) is 25.5 Å². The average molecular weight is 291 g/mol. The molecule has 1 N–H and O–H groups in total. The molecule has 2 rings (SSSR count). The topological polar surface area (TPSA) is 46.2 Å². The lowest BCUT2D eigenvalue weighted by molar-refractivity contribution is 0.560. The molecule has 0 aromatic heterocycles. The van der Waals surface area contributed by atoms with Gasteiger partial charge in [0.2, 0.25) is 0 Å². The Balaban J connectivity index is 2.11. The van der Waals surface area contributed by atoms with Gasteiger partial charge in [-0.1, -0.05) is 36.4 Å². The van der Waals surface area contributed by atoms with Crippen LogP contribution in [0.2, 0.25) is 0 Å². The smallest absolute Gasteiger partial charge is 0.156 e. The molecule has 0 saturated carbocycles. The fraction of sp³-hybridized carbons (Fsp3) is 0.375. The van der Waals surface area contributed by atoms with Crippen molar-refractivity contribution < 1.29 is 8.42 Å². The van der Waals surface area contributed by atoms with Crippen molar-refractivity contribution in [3.8, 4) is 0 Å². The summed E-state index contributed by atoms with van der Waals surface area (Å²) in [7, 11) is -3.08. The summed E-state index contributed by atoms with van der Waals surface area (Å²) in [5, 5.41) is 5.50. The van der Waals surface area contributed by atoms with Crippen LogP contribution in [0.3, 0.4) is 0 Å². The van der Waals surface area contributed by atoms with E-state index in [0.717, 1.165) is 16.5 Å². The molecule has 0 fully saturated rings. The maximum absolute atomic E-state index is 12.1. The van der Waals surface area contributed by atoms with Crippen molar-refractivity contribution in [3.05, 3.63) is 42.5 Å². The second-order valence-electron chi connectivity index (χ2n) is 5.88. The first kappa shape index (κ1) is 14.9. The van der Waals surface area contributed by atoms with Crippen molar-refractivity contribution >= 4 is 26.3 Å². The fourth-order valence-electron chi connectivity index (χ4n) is 2.01. The molecule has 3 nitrogen and oxygen atoms in total. The molecule has 0 radical (unpaired) electrons. The number of rotatable bonds is 4. The summed E-state index contributed by atoms with van der Waals surface area (Å²) >= 11 is 0. The van der Waals surface area contributed by atoms with E-state index < -0.39 is 14.6 Å². The second kappa shape index (κ2) is 5.44. The van der Waals surface area contributed by atoms with Crippen LogP contribution in [-0.2, 0) is 9.84 Å². The van der Waals surface area contributed by atoms with Crippen LogP contribution in [-0.4, -0.2) is 25.5 Å². The maximum atomic E-state index is 12.1. The lowest BCUT2D eigenvalue weighted by atomic mass is 10.1. The zero-order chi connectivity index (χ0) is 14.8. The third-order valence-corrected chi connectivity index (χ3v) is 6.02. The minimum Gasteiger partial charge on any atom is -0.384 e. The molecule has 0 bridgehead atoms. The normalized spacial score (nSPS) is 12.6. The summed E-state index contributed by atoms with van der Waals surface area (Å²) in [6, 6.07) is 14.1. The van der Waals surface area contributed by atoms with E-state index in [1.165, 1.54) is 0 Å². The predicted molar refractivity (Wildman–Crippen MR) is 86.0 cm³/mol. The number of nitrogens with one attached hydrogen (secondary N) is 1. The molecule has 4 heteroatoms. The van der Waals surface area contributed by atoms with Crippen LogP contribution in [0, 0.1) is 0 Å². The Labute approximate surface area is 120 Å². The predicted octanol–water partition coefficient (Wildman–Crippen LogP) is 3.47. The summed E-state index contributed by atoms with van der Waals surface area (Å²) in [4.78, 5) is 0. The van der Waals surface area contributed by atoms with E-state index >= 15 is 0 Å². The fourth-order valence-corrected chi connectivity index (χ4v) is 2.99. The van der Waals surface area contributed by atoms with Gasteiger partial charge in [-0.2, -0.15) is 0 Å². The molecule has 0 unspecified atom stereocenters. The lowest BCUT2D eigenvalue weighted by Crippen LogP contribution is -2.32. The highest BCUT2D eigenvalue weighted by molar-refractivity contribution is 7.92. The Morgan fingerprint density at radius 3 is 2.35 bits per heavy atom. The van der Waals surface area contributed by atoms with E-state index in [2.05, 4.69) is 5.32 Å². The van der Waals surface area contributed by atoms with E-state index in [-0.39, 0.29) is 5.75 Å². The Bertz CT molecular complexity index is 694. The molecule has 108 valence electrons. The van der Waals surface area contributed by atoms with Gasteiger partial charge in [0.25, 0.3) is 0 Å². The second-order valence-corrected chi connectivity index (χ2v) is 8.75. The monoisotopic (exact) mass is 291 g/mol. The molecular weight excluding hydrogens is 270 g/mol. The van der Waals surface area contributed by atoms with Crippen molar-refractivity contribution in [3.63, 3.8) is 0 Å². The van der Waals surface area contributed by atoms with Gasteiger partial charge in [0.15, 0.2) is 9.84 Å². The van der Waals surface area contributed by atoms with E-state index in [0.29, 0.717) is 6.54 Å². The number of hydrogen-bond donors (Lipinski definition) is 1. The van der Waals surface area contributed by atoms with Gasteiger partial charge in [0.05, 0.1) is 10.5 Å². The summed E-state index contributed by atoms with van der Waals surface area (Å²) < 4.78 is 23.4. The van der Waals surface area contributed by atoms with E-state index in [4.69, 9.17) is 0 Å². The van der Waals surface area contributed by atoms with Gasteiger partial charge < -0.3 is 5.32 Å². The molecular formula is C16H21NO2S. The highest BCUT2D eigenvalue weighted by atomic mass is 32.2. The molecule has 20 heavy (non-hydrogen) atoms. The van der Waals surface area contributed by atoms with Gasteiger partial charge in [-0.15, -0.1) is 0 Å². The first-order chi connectivity index (χ1) is 9.31. The van der Waals surface area contributed by atoms with E-state index in [9.17, 15) is 8.42 Å². The van der Waals surface area contributed by atoms with Gasteiger partial charge in [0.1, 0.15) is 0 Å². The third kappa shape index (κ3) is 3.12. The van der Waals surface area contributed by atoms with Gasteiger partial charge >= 0.3 is 0 Å². The number of fused-ring (bicyclic) bond motifs is 1. The van der Waals surface area contributed by atoms with Gasteiger partial charge in [-0.05, 0) is 32.2 Å². The van der Waals surface area contributed by atoms with Gasteiger partial charge in [0, 0.05) is 17.6 Å². The summed E-state index contributed by atoms with van der Waals surface area (Å²) in [5.74, 6) is 0.139. The number of hydrogen-bond acceptors (Lipinski definition) is 3. The van der Waals surface area contributed by atoms with E-state index in [1.54, 1.807) is 20.8 Å². The molecule has 0 spiro atoms. The van der Waals surface area contributed by atoms with Crippen LogP contribution in [0.1, 0.15) is 20.8 Å². The number of benzene rings is 2. The van der Waals surface area contributed by atoms with Gasteiger partial charge in [-0.25, -0.2) is 8.42 Å². The molecule has 0 amide bonds. The Morgan fingerprint density at radius 1 is 1.00 bits per heavy atom. The standard InChI is InChI=1S/C16H21NO2S/c1-16(2,3)20(18,19)12-11-17-15-10-6-8-13-7-4-5-9-14(13)15/h4-10,17H,11-12H2,1-3H3. The first-order valence-electron chi connectivity index (χ1n) is 6.75. The Hall–Kier alpha value is -1.55. The lowest BCUT2D eigenvalue weighted by Gasteiger charge is -2.19. The third-order valence-electron chi connectivity index (χ3n) is 3.41. The maximum Gasteiger partial charge on any atom is 0.156 e. The summed E-state index contributed by atoms with van der Waals surface area (Å²) in [6.07, 6.45) is 0. The van der Waals surface area contributed by atoms with Crippen molar-refractivity contribution in [2.75, 3.05) is 17.6 Å². The zero-order valence-corrected chi connectivity index (χ0v) is 13.0. The Kier molecular flexibility index (Phi) is 4.04. The molecule has 2 aromatic carbocycles. The van der Waals surface area contributed by atoms with Crippen molar-refractivity contribution in [1.29, 1.82) is 0 Å². The first-order valence-corrected chi connectivity index (χ1v) is 8.40. The molecule has 0 aliphatic carbocycles. The van der Waals surface area contributed by atoms with Crippen LogP contribution < -0.4 is 5.32 Å². The molecule has 0 aliphatic heterocycles. The molecule has 0 heterocycles. The van der Waals surface area contributed by atoms with Crippen LogP contribution in [0.4, 0.5) is 5.69 Å². The van der Waals surface area contributed by atoms with Crippen LogP contribution in [0.25, 0.3) is 10.8 Å². The number of sulfone groups is 1. The SMILES string of the molecule is CC(C)(C)S(=O)(=O)CCNc1cccc2ccccc12. The molecule has 0 aliphatic rings. The van der Waals surface area contributed by atoms with Gasteiger partial charge in [-0.3, -0.25) is 0 Å². The molecule has 2 aromatic rings. The largest absolute Gasteiger partial charge is 0.384 e. The summed E-state index contributed by atoms with van der Waals surface area (Å²) in [5.41, 5.74) is 0.979. The van der Waals surface area contributed by atoms with Crippen LogP contribution in [0.5, 0.6) is 0 Å². The van der Waals surface area contributed by atoms with E-state index in [1.807, 2.05) is 42.5 Å². The Morgan fingerprint density at radius 2 is 1.65 bits per heavy atom. The van der Waals surface area contributed by atoms with Crippen LogP contribution in [0.15, 0.2) is 42.5 Å². The molecule has 0 atom stereocenters. The number of anilines is 1. The highest BCUT2D eigenvalue weighted by Gasteiger charge is 2.28. The van der Waals surface area contributed by atoms with Crippen molar-refractivity contribution in [2.24, 2.45) is 0 Å². The molecule has 0 saturated heterocycles. The minimum atomic E-state index is -3.08. The average Bonchev–Trinajstić information content (AvgIpc) is 2.37. The highest BCUT2D eigenvalue weighted by Crippen LogP contribution is 2.23. The minimum absolute atomic E-state index is 0.139. The zero-order valence-electron chi connectivity index (χ0n) is 12.2.